The molecule has 35 heavy (non-hydrogen) atoms. The summed E-state index contributed by atoms with van der Waals surface area (Å²) in [7, 11) is 1.64. The Morgan fingerprint density at radius 2 is 1.66 bits per heavy atom. The van der Waals surface area contributed by atoms with Crippen LogP contribution >= 0.6 is 23.7 Å². The zero-order valence-corrected chi connectivity index (χ0v) is 22.0. The largest absolute Gasteiger partial charge is 0.494 e. The molecular formula is C28H32ClN3O2S. The molecule has 0 atom stereocenters. The topological polar surface area (TPSA) is 54.5 Å². The van der Waals surface area contributed by atoms with Crippen molar-refractivity contribution in [1.82, 2.24) is 9.88 Å². The van der Waals surface area contributed by atoms with Gasteiger partial charge in [-0.3, -0.25) is 15.0 Å². The van der Waals surface area contributed by atoms with Gasteiger partial charge in [-0.25, -0.2) is 4.98 Å². The van der Waals surface area contributed by atoms with Crippen LogP contribution in [0.15, 0.2) is 66.7 Å². The van der Waals surface area contributed by atoms with Gasteiger partial charge in [0.25, 0.3) is 5.91 Å². The lowest BCUT2D eigenvalue weighted by atomic mass is 10.1. The molecule has 0 radical (unpaired) electrons. The molecule has 184 valence electrons. The number of thiazole rings is 1. The number of amides is 1. The second-order valence-electron chi connectivity index (χ2n) is 8.31. The van der Waals surface area contributed by atoms with Gasteiger partial charge >= 0.3 is 0 Å². The van der Waals surface area contributed by atoms with Gasteiger partial charge in [-0.1, -0.05) is 67.6 Å². The number of rotatable bonds is 10. The van der Waals surface area contributed by atoms with Crippen LogP contribution in [0.1, 0.15) is 42.6 Å². The number of anilines is 1. The highest BCUT2D eigenvalue weighted by atomic mass is 35.5. The molecule has 0 fully saturated rings. The maximum Gasteiger partial charge on any atom is 0.257 e. The van der Waals surface area contributed by atoms with Crippen LogP contribution in [-0.4, -0.2) is 36.0 Å². The molecular weight excluding hydrogens is 478 g/mol. The van der Waals surface area contributed by atoms with E-state index in [2.05, 4.69) is 41.2 Å². The van der Waals surface area contributed by atoms with E-state index in [0.717, 1.165) is 53.8 Å². The van der Waals surface area contributed by atoms with Crippen molar-refractivity contribution in [3.05, 3.63) is 77.9 Å². The van der Waals surface area contributed by atoms with Crippen LogP contribution < -0.4 is 10.1 Å². The molecule has 0 bridgehead atoms. The van der Waals surface area contributed by atoms with Gasteiger partial charge in [-0.15, -0.1) is 12.4 Å². The van der Waals surface area contributed by atoms with Gasteiger partial charge in [0.05, 0.1) is 11.8 Å². The minimum absolute atomic E-state index is 0. The molecule has 4 aromatic rings. The lowest BCUT2D eigenvalue weighted by molar-refractivity contribution is 0.102. The number of fused-ring (bicyclic) bond motifs is 1. The van der Waals surface area contributed by atoms with Gasteiger partial charge in [-0.2, -0.15) is 0 Å². The van der Waals surface area contributed by atoms with Gasteiger partial charge < -0.3 is 4.74 Å². The van der Waals surface area contributed by atoms with Crippen LogP contribution in [0.25, 0.3) is 21.3 Å². The number of hydrogen-bond donors (Lipinski definition) is 1. The smallest absolute Gasteiger partial charge is 0.257 e. The summed E-state index contributed by atoms with van der Waals surface area (Å²) in [4.78, 5) is 20.1. The second kappa shape index (κ2) is 12.7. The predicted octanol–water partition coefficient (Wildman–Crippen LogP) is 7.27. The summed E-state index contributed by atoms with van der Waals surface area (Å²) in [5.74, 6) is 0.532. The summed E-state index contributed by atoms with van der Waals surface area (Å²) >= 11 is 1.46. The molecule has 1 aromatic heterocycles. The van der Waals surface area contributed by atoms with E-state index in [-0.39, 0.29) is 18.3 Å². The summed E-state index contributed by atoms with van der Waals surface area (Å²) in [6.07, 6.45) is 2.28. The first kappa shape index (κ1) is 26.7. The van der Waals surface area contributed by atoms with Crippen molar-refractivity contribution in [3.8, 4) is 16.9 Å². The molecule has 1 heterocycles. The number of nitrogens with zero attached hydrogens (tertiary/aromatic N) is 2. The Morgan fingerprint density at radius 1 is 0.971 bits per heavy atom. The Balaban J connectivity index is 0.00000342. The van der Waals surface area contributed by atoms with E-state index >= 15 is 0 Å². The first-order chi connectivity index (χ1) is 16.6. The Bertz CT molecular complexity index is 1240. The van der Waals surface area contributed by atoms with Crippen molar-refractivity contribution >= 4 is 45.0 Å². The fraction of sp³-hybridized carbons (Fsp3) is 0.286. The molecule has 1 amide bonds. The maximum atomic E-state index is 13.0. The first-order valence-corrected chi connectivity index (χ1v) is 12.6. The Labute approximate surface area is 217 Å². The zero-order valence-electron chi connectivity index (χ0n) is 20.4. The molecule has 3 aromatic carbocycles. The van der Waals surface area contributed by atoms with Gasteiger partial charge in [0.1, 0.15) is 11.3 Å². The molecule has 5 nitrogen and oxygen atoms in total. The van der Waals surface area contributed by atoms with Crippen molar-refractivity contribution in [2.45, 2.75) is 33.2 Å². The molecule has 0 unspecified atom stereocenters. The number of nitrogens with one attached hydrogen (secondary N) is 1. The highest BCUT2D eigenvalue weighted by Gasteiger charge is 2.16. The number of ether oxygens (including phenoxy) is 1. The minimum Gasteiger partial charge on any atom is -0.494 e. The van der Waals surface area contributed by atoms with E-state index < -0.39 is 0 Å². The normalized spacial score (nSPS) is 10.9. The van der Waals surface area contributed by atoms with E-state index in [0.29, 0.717) is 16.4 Å². The molecule has 7 heteroatoms. The summed E-state index contributed by atoms with van der Waals surface area (Å²) in [6.45, 7) is 7.49. The molecule has 0 spiro atoms. The van der Waals surface area contributed by atoms with Crippen LogP contribution in [-0.2, 0) is 6.54 Å². The quantitative estimate of drug-likeness (QED) is 0.244. The standard InChI is InChI=1S/C28H31N3O2S.ClH/c1-4-17-31(18-5-2)19-20-11-13-22(14-12-20)27(32)30-28-29-25-24(33-3)16-15-23(26(25)34-28)21-9-7-6-8-10-21;/h6-16H,4-5,17-19H2,1-3H3,(H,29,30,32);1H. The fourth-order valence-electron chi connectivity index (χ4n) is 4.14. The van der Waals surface area contributed by atoms with Gasteiger partial charge in [-0.05, 0) is 61.3 Å². The molecule has 0 aliphatic rings. The summed E-state index contributed by atoms with van der Waals surface area (Å²) in [5, 5.41) is 3.54. The number of methoxy groups -OCH3 is 1. The van der Waals surface area contributed by atoms with Crippen molar-refractivity contribution in [2.24, 2.45) is 0 Å². The maximum absolute atomic E-state index is 13.0. The lowest BCUT2D eigenvalue weighted by Crippen LogP contribution is -2.24. The van der Waals surface area contributed by atoms with E-state index in [4.69, 9.17) is 4.74 Å². The second-order valence-corrected chi connectivity index (χ2v) is 9.30. The van der Waals surface area contributed by atoms with Gasteiger partial charge in [0.2, 0.25) is 0 Å². The van der Waals surface area contributed by atoms with Crippen LogP contribution in [0.2, 0.25) is 0 Å². The third-order valence-electron chi connectivity index (χ3n) is 5.73. The van der Waals surface area contributed by atoms with E-state index in [1.165, 1.54) is 16.9 Å². The van der Waals surface area contributed by atoms with Gasteiger partial charge in [0.15, 0.2) is 5.13 Å². The van der Waals surface area contributed by atoms with Crippen LogP contribution in [0.3, 0.4) is 0 Å². The number of benzene rings is 3. The molecule has 1 N–H and O–H groups in total. The monoisotopic (exact) mass is 509 g/mol. The molecule has 0 saturated carbocycles. The highest BCUT2D eigenvalue weighted by Crippen LogP contribution is 2.39. The minimum atomic E-state index is -0.162. The molecule has 0 saturated heterocycles. The summed E-state index contributed by atoms with van der Waals surface area (Å²) in [6, 6.07) is 22.0. The molecule has 4 rings (SSSR count). The van der Waals surface area contributed by atoms with E-state index in [1.807, 2.05) is 54.6 Å². The van der Waals surface area contributed by atoms with Crippen molar-refractivity contribution < 1.29 is 9.53 Å². The van der Waals surface area contributed by atoms with Crippen molar-refractivity contribution in [3.63, 3.8) is 0 Å². The number of hydrogen-bond acceptors (Lipinski definition) is 5. The number of aromatic nitrogens is 1. The van der Waals surface area contributed by atoms with Crippen LogP contribution in [0.4, 0.5) is 5.13 Å². The highest BCUT2D eigenvalue weighted by molar-refractivity contribution is 7.23. The van der Waals surface area contributed by atoms with E-state index in [1.54, 1.807) is 7.11 Å². The lowest BCUT2D eigenvalue weighted by Gasteiger charge is -2.21. The average molecular weight is 510 g/mol. The van der Waals surface area contributed by atoms with Crippen molar-refractivity contribution in [2.75, 3.05) is 25.5 Å². The third-order valence-corrected chi connectivity index (χ3v) is 6.74. The summed E-state index contributed by atoms with van der Waals surface area (Å²) < 4.78 is 6.52. The Morgan fingerprint density at radius 3 is 2.29 bits per heavy atom. The molecule has 0 aliphatic heterocycles. The number of carbonyl (C=O) groups is 1. The number of halogens is 1. The van der Waals surface area contributed by atoms with Crippen LogP contribution in [0, 0.1) is 0 Å². The third kappa shape index (κ3) is 6.40. The Kier molecular flexibility index (Phi) is 9.66. The van der Waals surface area contributed by atoms with E-state index in [9.17, 15) is 4.79 Å². The fourth-order valence-corrected chi connectivity index (χ4v) is 5.15. The first-order valence-electron chi connectivity index (χ1n) is 11.8. The SMILES string of the molecule is CCCN(CCC)Cc1ccc(C(=O)Nc2nc3c(OC)ccc(-c4ccccc4)c3s2)cc1.Cl. The molecule has 0 aliphatic carbocycles. The van der Waals surface area contributed by atoms with Gasteiger partial charge in [0, 0.05) is 17.7 Å². The Hall–Kier alpha value is -2.93. The number of carbonyl (C=O) groups excluding carboxylic acids is 1. The summed E-state index contributed by atoms with van der Waals surface area (Å²) in [5.41, 5.74) is 4.77. The van der Waals surface area contributed by atoms with Crippen LogP contribution in [0.5, 0.6) is 5.75 Å². The zero-order chi connectivity index (χ0) is 23.9. The van der Waals surface area contributed by atoms with Crippen molar-refractivity contribution in [1.29, 1.82) is 0 Å². The average Bonchev–Trinajstić information content (AvgIpc) is 3.28. The predicted molar refractivity (Wildman–Crippen MR) is 149 cm³/mol.